The molecule has 0 rings (SSSR count). The Hall–Kier alpha value is -1.40. The van der Waals surface area contributed by atoms with Gasteiger partial charge in [-0.2, -0.15) is 0 Å². The predicted molar refractivity (Wildman–Crippen MR) is 37.3 cm³/mol. The highest BCUT2D eigenvalue weighted by atomic mass is 16.5. The number of allylic oxidation sites excluding steroid dienone is 2. The van der Waals surface area contributed by atoms with Gasteiger partial charge in [-0.25, -0.2) is 0 Å². The molecule has 0 aliphatic carbocycles. The van der Waals surface area contributed by atoms with Crippen molar-refractivity contribution in [2.45, 2.75) is 0 Å². The highest BCUT2D eigenvalue weighted by molar-refractivity contribution is 4.97. The molecular weight excluding hydrogens is 114 g/mol. The molecule has 0 aromatic rings. The quantitative estimate of drug-likeness (QED) is 0.348. The normalized spacial score (nSPS) is 9.78. The maximum Gasteiger partial charge on any atom is 0.132 e. The van der Waals surface area contributed by atoms with Crippen molar-refractivity contribution in [3.63, 3.8) is 0 Å². The first-order chi connectivity index (χ1) is 4.41. The minimum absolute atomic E-state index is 1.35. The molecule has 0 bridgehead atoms. The summed E-state index contributed by atoms with van der Waals surface area (Å²) < 4.78 is 4.70. The van der Waals surface area contributed by atoms with E-state index in [4.69, 9.17) is 10.5 Å². The number of ether oxygens (including phenoxy) is 1. The van der Waals surface area contributed by atoms with Crippen LogP contribution in [0, 0.1) is 0 Å². The molecule has 2 nitrogen and oxygen atoms in total. The predicted octanol–water partition coefficient (Wildman–Crippen LogP) is 1.29. The van der Waals surface area contributed by atoms with Crippen LogP contribution in [-0.2, 0) is 4.74 Å². The van der Waals surface area contributed by atoms with Crippen LogP contribution >= 0.6 is 0 Å². The summed E-state index contributed by atoms with van der Waals surface area (Å²) in [5, 5.41) is 0. The lowest BCUT2D eigenvalue weighted by atomic mass is 10.6. The number of rotatable bonds is 3. The molecule has 0 spiro atoms. The molecule has 0 amide bonds. The first-order valence-electron chi connectivity index (χ1n) is 2.45. The molecule has 0 saturated carbocycles. The van der Waals surface area contributed by atoms with Crippen LogP contribution in [-0.4, -0.2) is 0 Å². The minimum atomic E-state index is 1.35. The van der Waals surface area contributed by atoms with E-state index < -0.39 is 0 Å². The summed E-state index contributed by atoms with van der Waals surface area (Å²) in [5.74, 6) is 0. The summed E-state index contributed by atoms with van der Waals surface area (Å²) in [5.41, 5.74) is 7.46. The molecule has 2 N–H and O–H groups in total. The molecule has 48 valence electrons. The largest absolute Gasteiger partial charge is 0.464 e. The molecule has 0 saturated heterocycles. The van der Waals surface area contributed by atoms with E-state index in [9.17, 15) is 0 Å². The summed E-state index contributed by atoms with van der Waals surface area (Å²) in [6.45, 7) is 3.30. The first-order valence-corrected chi connectivity index (χ1v) is 2.45. The maximum absolute atomic E-state index is 5.02. The van der Waals surface area contributed by atoms with Gasteiger partial charge in [-0.1, -0.05) is 12.3 Å². The van der Waals surface area contributed by atoms with Crippen LogP contribution in [0.3, 0.4) is 0 Å². The van der Waals surface area contributed by atoms with Gasteiger partial charge < -0.3 is 10.5 Å². The molecule has 2 heteroatoms. The molecule has 0 radical (unpaired) electrons. The van der Waals surface area contributed by atoms with E-state index in [1.165, 1.54) is 18.7 Å². The van der Waals surface area contributed by atoms with Gasteiger partial charge in [0, 0.05) is 0 Å². The molecule has 0 aliphatic heterocycles. The summed E-state index contributed by atoms with van der Waals surface area (Å²) in [7, 11) is 0. The third-order valence-electron chi connectivity index (χ3n) is 0.531. The lowest BCUT2D eigenvalue weighted by Crippen LogP contribution is -1.72. The second-order valence-corrected chi connectivity index (χ2v) is 1.17. The van der Waals surface area contributed by atoms with Crippen LogP contribution in [0.15, 0.2) is 43.2 Å². The molecule has 0 fully saturated rings. The fraction of sp³-hybridized carbons (Fsp3) is 0. The summed E-state index contributed by atoms with van der Waals surface area (Å²) in [6.07, 6.45) is 7.55. The molecule has 0 aromatic carbocycles. The van der Waals surface area contributed by atoms with Crippen molar-refractivity contribution in [3.05, 3.63) is 43.2 Å². The fourth-order valence-corrected chi connectivity index (χ4v) is 0.242. The Morgan fingerprint density at radius 2 is 2.22 bits per heavy atom. The summed E-state index contributed by atoms with van der Waals surface area (Å²) in [4.78, 5) is 0. The van der Waals surface area contributed by atoms with Crippen LogP contribution < -0.4 is 5.73 Å². The van der Waals surface area contributed by atoms with E-state index in [1.54, 1.807) is 12.2 Å². The number of hydrogen-bond donors (Lipinski definition) is 1. The topological polar surface area (TPSA) is 35.2 Å². The third kappa shape index (κ3) is 6.60. The average molecular weight is 123 g/mol. The first kappa shape index (κ1) is 7.60. The number of nitrogens with two attached hydrogens (primary N) is 1. The summed E-state index contributed by atoms with van der Waals surface area (Å²) in [6, 6.07) is 0. The Labute approximate surface area is 54.6 Å². The van der Waals surface area contributed by atoms with Crippen LogP contribution in [0.1, 0.15) is 0 Å². The lowest BCUT2D eigenvalue weighted by molar-refractivity contribution is 0.404. The minimum Gasteiger partial charge on any atom is -0.464 e. The Balaban J connectivity index is 3.36. The van der Waals surface area contributed by atoms with Gasteiger partial charge in [0.1, 0.15) is 6.26 Å². The Morgan fingerprint density at radius 3 is 2.78 bits per heavy atom. The van der Waals surface area contributed by atoms with E-state index in [1.807, 2.05) is 0 Å². The second-order valence-electron chi connectivity index (χ2n) is 1.17. The Morgan fingerprint density at radius 1 is 1.44 bits per heavy atom. The monoisotopic (exact) mass is 123 g/mol. The SMILES string of the molecule is C=C=CO/C=C\C=C/N. The zero-order valence-electron chi connectivity index (χ0n) is 5.08. The lowest BCUT2D eigenvalue weighted by Gasteiger charge is -1.81. The van der Waals surface area contributed by atoms with Crippen molar-refractivity contribution in [1.82, 2.24) is 0 Å². The van der Waals surface area contributed by atoms with Gasteiger partial charge in [0.15, 0.2) is 0 Å². The highest BCUT2D eigenvalue weighted by Crippen LogP contribution is 1.77. The standard InChI is InChI=1S/C7H9NO/c1-2-6-9-7-4-3-5-8/h3-7H,1,8H2/b5-3-,7-4-. The van der Waals surface area contributed by atoms with Crippen LogP contribution in [0.25, 0.3) is 0 Å². The van der Waals surface area contributed by atoms with E-state index in [0.29, 0.717) is 0 Å². The van der Waals surface area contributed by atoms with Crippen molar-refractivity contribution in [2.75, 3.05) is 0 Å². The van der Waals surface area contributed by atoms with E-state index in [-0.39, 0.29) is 0 Å². The fourth-order valence-electron chi connectivity index (χ4n) is 0.242. The Bertz CT molecular complexity index is 152. The van der Waals surface area contributed by atoms with Crippen molar-refractivity contribution in [2.24, 2.45) is 5.73 Å². The van der Waals surface area contributed by atoms with E-state index >= 15 is 0 Å². The maximum atomic E-state index is 5.02. The molecular formula is C7H9NO. The average Bonchev–Trinajstić information content (AvgIpc) is 1.89. The van der Waals surface area contributed by atoms with Gasteiger partial charge in [-0.15, -0.1) is 0 Å². The number of hydrogen-bond acceptors (Lipinski definition) is 2. The van der Waals surface area contributed by atoms with Crippen LogP contribution in [0.4, 0.5) is 0 Å². The molecule has 0 atom stereocenters. The summed E-state index contributed by atoms with van der Waals surface area (Å²) >= 11 is 0. The van der Waals surface area contributed by atoms with Gasteiger partial charge in [-0.05, 0) is 18.4 Å². The zero-order chi connectivity index (χ0) is 6.95. The van der Waals surface area contributed by atoms with E-state index in [0.717, 1.165) is 0 Å². The van der Waals surface area contributed by atoms with Gasteiger partial charge in [0.25, 0.3) is 0 Å². The molecule has 0 aliphatic rings. The molecule has 9 heavy (non-hydrogen) atoms. The van der Waals surface area contributed by atoms with Crippen molar-refractivity contribution < 1.29 is 4.74 Å². The third-order valence-corrected chi connectivity index (χ3v) is 0.531. The molecule has 0 heterocycles. The molecule has 0 unspecified atom stereocenters. The van der Waals surface area contributed by atoms with E-state index in [2.05, 4.69) is 12.3 Å². The van der Waals surface area contributed by atoms with Gasteiger partial charge in [0.05, 0.1) is 6.26 Å². The smallest absolute Gasteiger partial charge is 0.132 e. The van der Waals surface area contributed by atoms with Crippen molar-refractivity contribution >= 4 is 0 Å². The van der Waals surface area contributed by atoms with Gasteiger partial charge in [-0.3, -0.25) is 0 Å². The second kappa shape index (κ2) is 6.60. The molecule has 0 aromatic heterocycles. The van der Waals surface area contributed by atoms with Crippen LogP contribution in [0.5, 0.6) is 0 Å². The van der Waals surface area contributed by atoms with Crippen molar-refractivity contribution in [3.8, 4) is 0 Å². The highest BCUT2D eigenvalue weighted by Gasteiger charge is 1.60. The zero-order valence-corrected chi connectivity index (χ0v) is 5.08. The van der Waals surface area contributed by atoms with Gasteiger partial charge in [0.2, 0.25) is 0 Å². The van der Waals surface area contributed by atoms with Crippen molar-refractivity contribution in [1.29, 1.82) is 0 Å². The van der Waals surface area contributed by atoms with Gasteiger partial charge >= 0.3 is 0 Å². The van der Waals surface area contributed by atoms with Crippen LogP contribution in [0.2, 0.25) is 0 Å². The Kier molecular flexibility index (Phi) is 5.57.